The van der Waals surface area contributed by atoms with E-state index in [9.17, 15) is 19.5 Å². The number of ketones is 1. The highest BCUT2D eigenvalue weighted by molar-refractivity contribution is 6.62. The van der Waals surface area contributed by atoms with Gasteiger partial charge in [0.05, 0.1) is 11.2 Å². The molecule has 0 aromatic heterocycles. The van der Waals surface area contributed by atoms with Crippen molar-refractivity contribution in [2.45, 2.75) is 89.6 Å². The molecule has 1 atom stereocenters. The largest absolute Gasteiger partial charge is 0.494 e. The summed E-state index contributed by atoms with van der Waals surface area (Å²) in [6.07, 6.45) is -0.855. The van der Waals surface area contributed by atoms with Crippen molar-refractivity contribution >= 4 is 30.4 Å². The molecule has 1 aromatic carbocycles. The van der Waals surface area contributed by atoms with Crippen LogP contribution in [0.4, 0.5) is 4.79 Å². The standard InChI is InChI=1S/C26H40BN3O7/c1-23(2,3)30(22(33)34)26(12-14-35-15-13-26)21(32)29-19(16-28)20(31)17-8-10-18(11-9-17)27-36-24(4,5)25(6,7)37-27/h8-11,19H,12-16,28H2,1-7H3,(H,29,32)(H,33,34)/t19-/m0/s1. The molecule has 0 spiro atoms. The first-order chi connectivity index (χ1) is 17.1. The highest BCUT2D eigenvalue weighted by atomic mass is 16.7. The zero-order valence-electron chi connectivity index (χ0n) is 22.9. The SMILES string of the molecule is CC(C)(C)N(C(=O)O)C1(C(=O)N[C@@H](CN)C(=O)c2ccc(B3OC(C)(C)C(C)(C)O3)cc2)CCOCC1. The van der Waals surface area contributed by atoms with Gasteiger partial charge in [0.25, 0.3) is 0 Å². The Hall–Kier alpha value is -2.47. The predicted octanol–water partition coefficient (Wildman–Crippen LogP) is 1.94. The molecule has 0 radical (unpaired) electrons. The molecule has 10 nitrogen and oxygen atoms in total. The van der Waals surface area contributed by atoms with Gasteiger partial charge < -0.3 is 30.2 Å². The molecule has 3 rings (SSSR count). The third-order valence-corrected chi connectivity index (χ3v) is 7.61. The van der Waals surface area contributed by atoms with Gasteiger partial charge in [-0.2, -0.15) is 0 Å². The third-order valence-electron chi connectivity index (χ3n) is 7.61. The summed E-state index contributed by atoms with van der Waals surface area (Å²) in [7, 11) is -0.563. The number of ether oxygens (including phenoxy) is 1. The van der Waals surface area contributed by atoms with Crippen LogP contribution in [-0.2, 0) is 18.8 Å². The zero-order chi connectivity index (χ0) is 27.8. The average Bonchev–Trinajstić information content (AvgIpc) is 3.03. The fourth-order valence-corrected chi connectivity index (χ4v) is 4.88. The third kappa shape index (κ3) is 5.69. The second-order valence-corrected chi connectivity index (χ2v) is 11.8. The van der Waals surface area contributed by atoms with Gasteiger partial charge in [-0.1, -0.05) is 24.3 Å². The lowest BCUT2D eigenvalue weighted by Crippen LogP contribution is -2.69. The number of hydrogen-bond donors (Lipinski definition) is 3. The number of rotatable bonds is 7. The van der Waals surface area contributed by atoms with Gasteiger partial charge in [-0.05, 0) is 53.9 Å². The second kappa shape index (κ2) is 10.4. The van der Waals surface area contributed by atoms with Crippen LogP contribution in [0.5, 0.6) is 0 Å². The number of nitrogens with one attached hydrogen (secondary N) is 1. The van der Waals surface area contributed by atoms with Crippen molar-refractivity contribution in [1.29, 1.82) is 0 Å². The summed E-state index contributed by atoms with van der Waals surface area (Å²) in [5, 5.41) is 12.8. The molecule has 0 unspecified atom stereocenters. The summed E-state index contributed by atoms with van der Waals surface area (Å²) >= 11 is 0. The normalized spacial score (nSPS) is 21.2. The Balaban J connectivity index is 1.80. The molecular formula is C26H40BN3O7. The average molecular weight is 517 g/mol. The molecule has 37 heavy (non-hydrogen) atoms. The number of carbonyl (C=O) groups is 3. The molecule has 11 heteroatoms. The fourth-order valence-electron chi connectivity index (χ4n) is 4.88. The lowest BCUT2D eigenvalue weighted by Gasteiger charge is -2.49. The van der Waals surface area contributed by atoms with Crippen LogP contribution in [0.3, 0.4) is 0 Å². The second-order valence-electron chi connectivity index (χ2n) is 11.8. The summed E-state index contributed by atoms with van der Waals surface area (Å²) in [5.74, 6) is -0.915. The van der Waals surface area contributed by atoms with E-state index in [0.29, 0.717) is 5.56 Å². The van der Waals surface area contributed by atoms with Gasteiger partial charge in [-0.25, -0.2) is 4.79 Å². The first kappa shape index (κ1) is 29.1. The number of nitrogens with two attached hydrogens (primary N) is 1. The molecule has 2 saturated heterocycles. The van der Waals surface area contributed by atoms with E-state index in [1.165, 1.54) is 4.90 Å². The van der Waals surface area contributed by atoms with E-state index in [-0.39, 0.29) is 38.4 Å². The van der Waals surface area contributed by atoms with Gasteiger partial charge in [0.15, 0.2) is 5.78 Å². The lowest BCUT2D eigenvalue weighted by molar-refractivity contribution is -0.144. The number of amides is 2. The summed E-state index contributed by atoms with van der Waals surface area (Å²) in [6, 6.07) is 5.80. The van der Waals surface area contributed by atoms with Crippen LogP contribution in [0.2, 0.25) is 0 Å². The molecule has 1 aromatic rings. The zero-order valence-corrected chi connectivity index (χ0v) is 22.9. The molecule has 0 bridgehead atoms. The van der Waals surface area contributed by atoms with Crippen molar-refractivity contribution in [3.63, 3.8) is 0 Å². The monoisotopic (exact) mass is 517 g/mol. The highest BCUT2D eigenvalue weighted by Gasteiger charge is 2.53. The Morgan fingerprint density at radius 1 is 1.05 bits per heavy atom. The van der Waals surface area contributed by atoms with Crippen molar-refractivity contribution in [1.82, 2.24) is 10.2 Å². The molecule has 0 saturated carbocycles. The summed E-state index contributed by atoms with van der Waals surface area (Å²) < 4.78 is 17.6. The number of carboxylic acid groups (broad SMARTS) is 1. The van der Waals surface area contributed by atoms with E-state index in [1.54, 1.807) is 45.0 Å². The fraction of sp³-hybridized carbons (Fsp3) is 0.654. The Morgan fingerprint density at radius 3 is 2.00 bits per heavy atom. The topological polar surface area (TPSA) is 140 Å². The number of benzene rings is 1. The summed E-state index contributed by atoms with van der Waals surface area (Å²) in [6.45, 7) is 13.4. The Labute approximate surface area is 219 Å². The summed E-state index contributed by atoms with van der Waals surface area (Å²) in [4.78, 5) is 40.4. The van der Waals surface area contributed by atoms with Crippen molar-refractivity contribution < 1.29 is 33.5 Å². The molecular weight excluding hydrogens is 477 g/mol. The molecule has 0 aliphatic carbocycles. The van der Waals surface area contributed by atoms with Crippen LogP contribution in [0.1, 0.15) is 71.7 Å². The maximum Gasteiger partial charge on any atom is 0.494 e. The summed E-state index contributed by atoms with van der Waals surface area (Å²) in [5.41, 5.74) is 3.84. The van der Waals surface area contributed by atoms with E-state index < -0.39 is 47.4 Å². The molecule has 2 aliphatic heterocycles. The first-order valence-corrected chi connectivity index (χ1v) is 12.7. The Bertz CT molecular complexity index is 998. The van der Waals surface area contributed by atoms with Crippen LogP contribution in [-0.4, -0.2) is 83.0 Å². The van der Waals surface area contributed by atoms with Crippen LogP contribution < -0.4 is 16.5 Å². The van der Waals surface area contributed by atoms with Crippen LogP contribution >= 0.6 is 0 Å². The molecule has 2 amide bonds. The maximum absolute atomic E-state index is 13.7. The maximum atomic E-state index is 13.7. The minimum Gasteiger partial charge on any atom is -0.465 e. The molecule has 2 aliphatic rings. The van der Waals surface area contributed by atoms with Gasteiger partial charge in [-0.3, -0.25) is 14.5 Å². The van der Waals surface area contributed by atoms with Crippen LogP contribution in [0.15, 0.2) is 24.3 Å². The number of Topliss-reactive ketones (excluding diaryl/α,β-unsaturated/α-hetero) is 1. The van der Waals surface area contributed by atoms with Gasteiger partial charge in [0, 0.05) is 43.7 Å². The molecule has 2 fully saturated rings. The lowest BCUT2D eigenvalue weighted by atomic mass is 9.78. The minimum atomic E-state index is -1.38. The van der Waals surface area contributed by atoms with Crippen LogP contribution in [0, 0.1) is 0 Å². The van der Waals surface area contributed by atoms with Crippen molar-refractivity contribution in [3.8, 4) is 0 Å². The molecule has 2 heterocycles. The molecule has 204 valence electrons. The van der Waals surface area contributed by atoms with E-state index in [2.05, 4.69) is 5.32 Å². The van der Waals surface area contributed by atoms with E-state index >= 15 is 0 Å². The van der Waals surface area contributed by atoms with Gasteiger partial charge in [0.1, 0.15) is 11.6 Å². The van der Waals surface area contributed by atoms with E-state index in [0.717, 1.165) is 5.46 Å². The quantitative estimate of drug-likeness (QED) is 0.368. The van der Waals surface area contributed by atoms with E-state index in [4.69, 9.17) is 19.8 Å². The smallest absolute Gasteiger partial charge is 0.465 e. The number of hydrogen-bond acceptors (Lipinski definition) is 7. The number of nitrogens with zero attached hydrogens (tertiary/aromatic N) is 1. The Morgan fingerprint density at radius 2 is 1.57 bits per heavy atom. The molecule has 4 N–H and O–H groups in total. The highest BCUT2D eigenvalue weighted by Crippen LogP contribution is 2.37. The minimum absolute atomic E-state index is 0.140. The van der Waals surface area contributed by atoms with E-state index in [1.807, 2.05) is 27.7 Å². The number of carbonyl (C=O) groups excluding carboxylic acids is 2. The van der Waals surface area contributed by atoms with Gasteiger partial charge >= 0.3 is 13.2 Å². The predicted molar refractivity (Wildman–Crippen MR) is 140 cm³/mol. The first-order valence-electron chi connectivity index (χ1n) is 12.7. The van der Waals surface area contributed by atoms with Crippen molar-refractivity contribution in [2.24, 2.45) is 5.73 Å². The Kier molecular flexibility index (Phi) is 8.15. The van der Waals surface area contributed by atoms with Crippen LogP contribution in [0.25, 0.3) is 0 Å². The van der Waals surface area contributed by atoms with Crippen molar-refractivity contribution in [3.05, 3.63) is 29.8 Å². The van der Waals surface area contributed by atoms with Gasteiger partial charge in [0.2, 0.25) is 5.91 Å². The van der Waals surface area contributed by atoms with Gasteiger partial charge in [-0.15, -0.1) is 0 Å². The van der Waals surface area contributed by atoms with Crippen molar-refractivity contribution in [2.75, 3.05) is 19.8 Å².